The van der Waals surface area contributed by atoms with Crippen molar-refractivity contribution in [3.8, 4) is 0 Å². The van der Waals surface area contributed by atoms with Crippen LogP contribution in [-0.2, 0) is 41.6 Å². The lowest BCUT2D eigenvalue weighted by atomic mass is 10.1. The van der Waals surface area contributed by atoms with Crippen molar-refractivity contribution in [1.29, 1.82) is 0 Å². The Bertz CT molecular complexity index is 1220. The highest BCUT2D eigenvalue weighted by molar-refractivity contribution is 6.03. The number of nitrogens with two attached hydrogens (primary N) is 1. The van der Waals surface area contributed by atoms with E-state index in [1.165, 1.54) is 20.8 Å². The molecule has 1 aliphatic rings. The van der Waals surface area contributed by atoms with E-state index in [4.69, 9.17) is 5.73 Å². The summed E-state index contributed by atoms with van der Waals surface area (Å²) in [6, 6.07) is 11.7. The molecule has 10 nitrogen and oxygen atoms in total. The average Bonchev–Trinajstić information content (AvgIpc) is 2.82. The number of ether oxygens (including phenoxy) is 1. The first-order valence-corrected chi connectivity index (χ1v) is 12.9. The summed E-state index contributed by atoms with van der Waals surface area (Å²) in [4.78, 5) is 53.8. The fourth-order valence-electron chi connectivity index (χ4n) is 3.30. The van der Waals surface area contributed by atoms with Crippen LogP contribution < -0.4 is 21.7 Å². The first kappa shape index (κ1) is 33.6. The van der Waals surface area contributed by atoms with Gasteiger partial charge < -0.3 is 26.4 Å². The number of hydrogen-bond donors (Lipinski definition) is 4. The summed E-state index contributed by atoms with van der Waals surface area (Å²) in [5.41, 5.74) is 11.5. The van der Waals surface area contributed by atoms with Gasteiger partial charge in [0.2, 0.25) is 17.7 Å². The number of ketones is 1. The number of nitrogens with one attached hydrogen (secondary N) is 3. The smallest absolute Gasteiger partial charge is 0.318 e. The quantitative estimate of drug-likeness (QED) is 0.211. The lowest BCUT2D eigenvalue weighted by molar-refractivity contribution is -0.148. The van der Waals surface area contributed by atoms with Gasteiger partial charge in [-0.25, -0.2) is 0 Å². The van der Waals surface area contributed by atoms with Crippen LogP contribution in [0.15, 0.2) is 48.7 Å². The van der Waals surface area contributed by atoms with Crippen molar-refractivity contribution in [3.05, 3.63) is 71.0 Å². The van der Waals surface area contributed by atoms with Gasteiger partial charge in [-0.2, -0.15) is 0 Å². The van der Waals surface area contributed by atoms with Crippen LogP contribution in [0.4, 0.5) is 11.4 Å². The molecular formula is C30H40N4O6. The molecule has 2 aromatic rings. The van der Waals surface area contributed by atoms with Crippen LogP contribution in [0.3, 0.4) is 0 Å². The second kappa shape index (κ2) is 17.2. The van der Waals surface area contributed by atoms with Crippen LogP contribution in [0.5, 0.6) is 0 Å². The monoisotopic (exact) mass is 552 g/mol. The molecule has 0 radical (unpaired) electrons. The summed E-state index contributed by atoms with van der Waals surface area (Å²) in [7, 11) is 0. The molecule has 1 saturated heterocycles. The highest BCUT2D eigenvalue weighted by atomic mass is 16.6. The summed E-state index contributed by atoms with van der Waals surface area (Å²) in [5, 5.41) is 8.21. The van der Waals surface area contributed by atoms with Gasteiger partial charge >= 0.3 is 5.97 Å². The van der Waals surface area contributed by atoms with Gasteiger partial charge in [0.25, 0.3) is 0 Å². The normalized spacial score (nSPS) is 11.3. The lowest BCUT2D eigenvalue weighted by Gasteiger charge is -2.12. The van der Waals surface area contributed by atoms with Gasteiger partial charge in [-0.05, 0) is 68.0 Å². The number of benzene rings is 2. The van der Waals surface area contributed by atoms with Crippen molar-refractivity contribution in [2.45, 2.75) is 60.3 Å². The van der Waals surface area contributed by atoms with Crippen LogP contribution in [-0.4, -0.2) is 42.6 Å². The van der Waals surface area contributed by atoms with E-state index >= 15 is 0 Å². The van der Waals surface area contributed by atoms with Gasteiger partial charge in [-0.3, -0.25) is 24.0 Å². The maximum absolute atomic E-state index is 11.6. The Morgan fingerprint density at radius 2 is 1.38 bits per heavy atom. The van der Waals surface area contributed by atoms with Crippen molar-refractivity contribution in [2.75, 3.05) is 24.1 Å². The predicted molar refractivity (Wildman–Crippen MR) is 155 cm³/mol. The van der Waals surface area contributed by atoms with Crippen LogP contribution >= 0.6 is 0 Å². The molecule has 216 valence electrons. The minimum atomic E-state index is -0.306. The van der Waals surface area contributed by atoms with Crippen LogP contribution in [0.25, 0.3) is 0 Å². The third-order valence-electron chi connectivity index (χ3n) is 5.50. The Balaban J connectivity index is 0.000000343. The van der Waals surface area contributed by atoms with Crippen LogP contribution in [0, 0.1) is 13.8 Å². The number of carbonyl (C=O) groups excluding carboxylic acids is 5. The number of Topliss-reactive ketones (excluding diaryl/α,β-unsaturated/α-hetero) is 1. The molecular weight excluding hydrogens is 512 g/mol. The van der Waals surface area contributed by atoms with Crippen LogP contribution in [0.1, 0.15) is 55.9 Å². The Kier molecular flexibility index (Phi) is 14.4. The molecule has 1 aliphatic heterocycles. The number of anilines is 2. The van der Waals surface area contributed by atoms with Gasteiger partial charge in [0.1, 0.15) is 18.0 Å². The number of nitrogen functional groups attached to an aromatic ring is 1. The van der Waals surface area contributed by atoms with E-state index in [0.29, 0.717) is 37.4 Å². The van der Waals surface area contributed by atoms with E-state index in [9.17, 15) is 24.0 Å². The third-order valence-corrected chi connectivity index (χ3v) is 5.50. The molecule has 0 spiro atoms. The minimum absolute atomic E-state index is 0.00471. The molecule has 0 aromatic heterocycles. The lowest BCUT2D eigenvalue weighted by Crippen LogP contribution is -2.22. The number of rotatable bonds is 9. The van der Waals surface area contributed by atoms with Gasteiger partial charge in [-0.15, -0.1) is 0 Å². The molecule has 0 aliphatic carbocycles. The van der Waals surface area contributed by atoms with Crippen molar-refractivity contribution in [3.63, 3.8) is 0 Å². The Labute approximate surface area is 235 Å². The van der Waals surface area contributed by atoms with Crippen molar-refractivity contribution in [1.82, 2.24) is 10.6 Å². The standard InChI is InChI=1S/C15H20N2O3.C11H16N2O.C4H4O2/c1-10-4-5-13(6-7-16-12(3)19)9-14(10)17-15(20)8-11(2)18;1-8-3-4-10(7-11(8)12)5-6-13-9(2)14;1-3-2-4(5)6-3/h4-5,9H,6-8H2,1-3H3,(H,16,19)(H,17,20);3-4,7H,5-6,12H2,1-2H3,(H,13,14);1-2H2. The molecule has 2 aromatic carbocycles. The zero-order chi connectivity index (χ0) is 30.2. The van der Waals surface area contributed by atoms with Crippen molar-refractivity contribution >= 4 is 40.8 Å². The van der Waals surface area contributed by atoms with Gasteiger partial charge in [0.05, 0.1) is 6.42 Å². The SMILES string of the molecule is C=C1CC(=O)O1.CC(=O)CC(=O)Nc1cc(CCNC(C)=O)ccc1C.CC(=O)NCCc1ccc(C)c(N)c1. The van der Waals surface area contributed by atoms with E-state index in [2.05, 4.69) is 27.3 Å². The van der Waals surface area contributed by atoms with E-state index in [1.807, 2.05) is 50.2 Å². The maximum atomic E-state index is 11.6. The molecule has 0 saturated carbocycles. The van der Waals surface area contributed by atoms with E-state index in [0.717, 1.165) is 34.4 Å². The first-order valence-electron chi connectivity index (χ1n) is 12.9. The summed E-state index contributed by atoms with van der Waals surface area (Å²) in [6.45, 7) is 12.8. The summed E-state index contributed by atoms with van der Waals surface area (Å²) in [6.07, 6.45) is 1.81. The molecule has 3 rings (SSSR count). The molecule has 40 heavy (non-hydrogen) atoms. The zero-order valence-corrected chi connectivity index (χ0v) is 23.9. The van der Waals surface area contributed by atoms with Gasteiger partial charge in [0, 0.05) is 38.3 Å². The molecule has 0 unspecified atom stereocenters. The van der Waals surface area contributed by atoms with Crippen LogP contribution in [0.2, 0.25) is 0 Å². The van der Waals surface area contributed by atoms with Crippen molar-refractivity contribution < 1.29 is 28.7 Å². The van der Waals surface area contributed by atoms with E-state index < -0.39 is 0 Å². The summed E-state index contributed by atoms with van der Waals surface area (Å²) >= 11 is 0. The van der Waals surface area contributed by atoms with E-state index in [1.54, 1.807) is 0 Å². The molecule has 0 bridgehead atoms. The minimum Gasteiger partial charge on any atom is -0.431 e. The third kappa shape index (κ3) is 14.5. The number of cyclic esters (lactones) is 1. The number of carbonyl (C=O) groups is 5. The number of esters is 1. The Morgan fingerprint density at radius 1 is 0.875 bits per heavy atom. The molecule has 1 heterocycles. The molecule has 10 heteroatoms. The second-order valence-corrected chi connectivity index (χ2v) is 9.42. The maximum Gasteiger partial charge on any atom is 0.318 e. The van der Waals surface area contributed by atoms with Crippen molar-refractivity contribution in [2.24, 2.45) is 0 Å². The van der Waals surface area contributed by atoms with E-state index in [-0.39, 0.29) is 35.9 Å². The number of hydrogen-bond acceptors (Lipinski definition) is 7. The second-order valence-electron chi connectivity index (χ2n) is 9.42. The highest BCUT2D eigenvalue weighted by Crippen LogP contribution is 2.18. The average molecular weight is 553 g/mol. The zero-order valence-electron chi connectivity index (χ0n) is 23.9. The first-order chi connectivity index (χ1) is 18.8. The largest absolute Gasteiger partial charge is 0.431 e. The molecule has 0 atom stereocenters. The molecule has 5 N–H and O–H groups in total. The Hall–Kier alpha value is -4.47. The molecule has 1 fully saturated rings. The summed E-state index contributed by atoms with van der Waals surface area (Å²) in [5.74, 6) is -0.112. The summed E-state index contributed by atoms with van der Waals surface area (Å²) < 4.78 is 4.31. The Morgan fingerprint density at radius 3 is 1.77 bits per heavy atom. The fourth-order valence-corrected chi connectivity index (χ4v) is 3.30. The van der Waals surface area contributed by atoms with Gasteiger partial charge in [0.15, 0.2) is 0 Å². The number of amides is 3. The predicted octanol–water partition coefficient (Wildman–Crippen LogP) is 3.29. The molecule has 3 amide bonds. The topological polar surface area (TPSA) is 157 Å². The number of aryl methyl sites for hydroxylation is 2. The van der Waals surface area contributed by atoms with Gasteiger partial charge in [-0.1, -0.05) is 30.8 Å². The highest BCUT2D eigenvalue weighted by Gasteiger charge is 2.17. The fraction of sp³-hybridized carbons (Fsp3) is 0.367.